The number of azide groups is 1. The van der Waals surface area contributed by atoms with Crippen LogP contribution in [0.3, 0.4) is 0 Å². The quantitative estimate of drug-likeness (QED) is 0.338. The molecule has 1 aromatic rings. The molecule has 0 spiro atoms. The molecule has 0 heterocycles. The van der Waals surface area contributed by atoms with Gasteiger partial charge in [0.15, 0.2) is 0 Å². The Bertz CT molecular complexity index is 412. The van der Waals surface area contributed by atoms with Gasteiger partial charge in [0.2, 0.25) is 0 Å². The van der Waals surface area contributed by atoms with Crippen LogP contribution < -0.4 is 0 Å². The number of hydrogen-bond acceptors (Lipinski definition) is 4. The molecule has 6 heteroatoms. The van der Waals surface area contributed by atoms with Crippen LogP contribution in [0.15, 0.2) is 29.4 Å². The lowest BCUT2D eigenvalue weighted by Crippen LogP contribution is -2.19. The summed E-state index contributed by atoms with van der Waals surface area (Å²) in [4.78, 5) is 13.0. The molecule has 1 rings (SSSR count). The van der Waals surface area contributed by atoms with Crippen molar-refractivity contribution >= 4 is 6.29 Å². The van der Waals surface area contributed by atoms with Crippen molar-refractivity contribution in [2.45, 2.75) is 18.6 Å². The largest absolute Gasteiger partial charge is 0.390 e. The topological polar surface area (TPSA) is 106 Å². The van der Waals surface area contributed by atoms with Gasteiger partial charge in [0.25, 0.3) is 0 Å². The first-order chi connectivity index (χ1) is 8.19. The van der Waals surface area contributed by atoms with Crippen molar-refractivity contribution in [3.8, 4) is 0 Å². The van der Waals surface area contributed by atoms with Crippen LogP contribution in [0, 0.1) is 0 Å². The molecule has 1 aromatic carbocycles. The first-order valence-electron chi connectivity index (χ1n) is 5.11. The average molecular weight is 235 g/mol. The molecule has 90 valence electrons. The summed E-state index contributed by atoms with van der Waals surface area (Å²) >= 11 is 0. The first kappa shape index (κ1) is 13.2. The minimum atomic E-state index is -1.05. The highest BCUT2D eigenvalue weighted by Gasteiger charge is 2.17. The van der Waals surface area contributed by atoms with Crippen molar-refractivity contribution in [3.63, 3.8) is 0 Å². The Hall–Kier alpha value is -1.88. The van der Waals surface area contributed by atoms with Crippen molar-refractivity contribution in [3.05, 3.63) is 45.8 Å². The third-order valence-corrected chi connectivity index (χ3v) is 2.37. The fourth-order valence-electron chi connectivity index (χ4n) is 1.39. The van der Waals surface area contributed by atoms with E-state index in [9.17, 15) is 15.0 Å². The second-order valence-electron chi connectivity index (χ2n) is 3.54. The minimum absolute atomic E-state index is 0.126. The average Bonchev–Trinajstić information content (AvgIpc) is 2.38. The molecule has 0 aliphatic rings. The van der Waals surface area contributed by atoms with Gasteiger partial charge in [-0.3, -0.25) is 4.79 Å². The summed E-state index contributed by atoms with van der Waals surface area (Å²) in [5, 5.41) is 22.7. The number of carbonyl (C=O) groups excluding carboxylic acids is 1. The van der Waals surface area contributed by atoms with Crippen LogP contribution >= 0.6 is 0 Å². The standard InChI is InChI=1S/C11H13N3O3/c12-14-13-6-5-10(16)11(17)9-3-1-8(7-15)2-4-9/h1-4,7,10-11,16-17H,5-6H2. The summed E-state index contributed by atoms with van der Waals surface area (Å²) < 4.78 is 0. The van der Waals surface area contributed by atoms with Gasteiger partial charge in [-0.25, -0.2) is 0 Å². The van der Waals surface area contributed by atoms with E-state index in [4.69, 9.17) is 5.53 Å². The van der Waals surface area contributed by atoms with Crippen LogP contribution in [0.5, 0.6) is 0 Å². The lowest BCUT2D eigenvalue weighted by atomic mass is 10.0. The molecular formula is C11H13N3O3. The van der Waals surface area contributed by atoms with Crippen molar-refractivity contribution < 1.29 is 15.0 Å². The van der Waals surface area contributed by atoms with Crippen LogP contribution in [0.1, 0.15) is 28.4 Å². The lowest BCUT2D eigenvalue weighted by Gasteiger charge is -2.17. The SMILES string of the molecule is [N-]=[N+]=NCCC(O)C(O)c1ccc(C=O)cc1. The maximum Gasteiger partial charge on any atom is 0.150 e. The second-order valence-corrected chi connectivity index (χ2v) is 3.54. The van der Waals surface area contributed by atoms with E-state index in [-0.39, 0.29) is 13.0 Å². The van der Waals surface area contributed by atoms with Gasteiger partial charge in [-0.1, -0.05) is 29.4 Å². The van der Waals surface area contributed by atoms with Crippen molar-refractivity contribution in [2.75, 3.05) is 6.54 Å². The molecule has 0 saturated heterocycles. The third-order valence-electron chi connectivity index (χ3n) is 2.37. The van der Waals surface area contributed by atoms with E-state index < -0.39 is 12.2 Å². The summed E-state index contributed by atoms with van der Waals surface area (Å²) in [7, 11) is 0. The Kier molecular flexibility index (Phi) is 5.16. The molecule has 2 N–H and O–H groups in total. The summed E-state index contributed by atoms with van der Waals surface area (Å²) in [5.41, 5.74) is 9.10. The van der Waals surface area contributed by atoms with Crippen LogP contribution in [0.4, 0.5) is 0 Å². The molecule has 0 fully saturated rings. The molecule has 0 aromatic heterocycles. The number of aldehydes is 1. The highest BCUT2D eigenvalue weighted by molar-refractivity contribution is 5.74. The van der Waals surface area contributed by atoms with Gasteiger partial charge >= 0.3 is 0 Å². The normalized spacial score (nSPS) is 13.5. The molecule has 2 atom stereocenters. The number of benzene rings is 1. The van der Waals surface area contributed by atoms with E-state index in [1.54, 1.807) is 24.3 Å². The van der Waals surface area contributed by atoms with Gasteiger partial charge in [-0.05, 0) is 17.5 Å². The van der Waals surface area contributed by atoms with E-state index >= 15 is 0 Å². The number of aliphatic hydroxyl groups is 2. The molecule has 17 heavy (non-hydrogen) atoms. The Labute approximate surface area is 98.1 Å². The highest BCUT2D eigenvalue weighted by atomic mass is 16.3. The predicted molar refractivity (Wildman–Crippen MR) is 61.4 cm³/mol. The number of rotatable bonds is 6. The van der Waals surface area contributed by atoms with Crippen molar-refractivity contribution in [2.24, 2.45) is 5.11 Å². The Morgan fingerprint density at radius 1 is 1.35 bits per heavy atom. The van der Waals surface area contributed by atoms with E-state index in [1.165, 1.54) is 0 Å². The van der Waals surface area contributed by atoms with Crippen molar-refractivity contribution in [1.29, 1.82) is 0 Å². The molecule has 0 aliphatic carbocycles. The van der Waals surface area contributed by atoms with E-state index in [1.807, 2.05) is 0 Å². The van der Waals surface area contributed by atoms with Crippen LogP contribution in [-0.4, -0.2) is 29.1 Å². The zero-order valence-corrected chi connectivity index (χ0v) is 9.10. The zero-order valence-electron chi connectivity index (χ0n) is 9.10. The first-order valence-corrected chi connectivity index (χ1v) is 5.11. The predicted octanol–water partition coefficient (Wildman–Crippen LogP) is 1.59. The molecule has 0 amide bonds. The fourth-order valence-corrected chi connectivity index (χ4v) is 1.39. The summed E-state index contributed by atoms with van der Waals surface area (Å²) in [6, 6.07) is 6.27. The van der Waals surface area contributed by atoms with Gasteiger partial charge in [0.1, 0.15) is 12.4 Å². The molecule has 0 radical (unpaired) electrons. The Balaban J connectivity index is 2.63. The van der Waals surface area contributed by atoms with Gasteiger partial charge in [0.05, 0.1) is 6.10 Å². The minimum Gasteiger partial charge on any atom is -0.390 e. The molecule has 0 saturated carbocycles. The molecule has 0 aliphatic heterocycles. The summed E-state index contributed by atoms with van der Waals surface area (Å²) in [6.07, 6.45) is -1.17. The number of nitrogens with zero attached hydrogens (tertiary/aromatic N) is 3. The van der Waals surface area contributed by atoms with Crippen LogP contribution in [0.2, 0.25) is 0 Å². The number of aliphatic hydroxyl groups excluding tert-OH is 2. The van der Waals surface area contributed by atoms with Gasteiger partial charge in [-0.2, -0.15) is 0 Å². The number of hydrogen-bond donors (Lipinski definition) is 2. The Morgan fingerprint density at radius 3 is 2.53 bits per heavy atom. The van der Waals surface area contributed by atoms with Gasteiger partial charge < -0.3 is 10.2 Å². The maximum absolute atomic E-state index is 10.4. The third kappa shape index (κ3) is 3.88. The van der Waals surface area contributed by atoms with E-state index in [0.29, 0.717) is 17.4 Å². The summed E-state index contributed by atoms with van der Waals surface area (Å²) in [6.45, 7) is 0.126. The molecule has 0 bridgehead atoms. The van der Waals surface area contributed by atoms with Crippen LogP contribution in [-0.2, 0) is 0 Å². The zero-order chi connectivity index (χ0) is 12.7. The fraction of sp³-hybridized carbons (Fsp3) is 0.364. The summed E-state index contributed by atoms with van der Waals surface area (Å²) in [5.74, 6) is 0. The van der Waals surface area contributed by atoms with Crippen LogP contribution in [0.25, 0.3) is 10.4 Å². The van der Waals surface area contributed by atoms with E-state index in [0.717, 1.165) is 0 Å². The van der Waals surface area contributed by atoms with E-state index in [2.05, 4.69) is 10.0 Å². The van der Waals surface area contributed by atoms with Gasteiger partial charge in [-0.15, -0.1) is 0 Å². The second kappa shape index (κ2) is 6.65. The van der Waals surface area contributed by atoms with Crippen molar-refractivity contribution in [1.82, 2.24) is 0 Å². The number of carbonyl (C=O) groups is 1. The smallest absolute Gasteiger partial charge is 0.150 e. The maximum atomic E-state index is 10.4. The molecule has 2 unspecified atom stereocenters. The molecule has 6 nitrogen and oxygen atoms in total. The molecular weight excluding hydrogens is 222 g/mol. The monoisotopic (exact) mass is 235 g/mol. The van der Waals surface area contributed by atoms with Gasteiger partial charge in [0, 0.05) is 17.0 Å². The lowest BCUT2D eigenvalue weighted by molar-refractivity contribution is 0.0150. The highest BCUT2D eigenvalue weighted by Crippen LogP contribution is 2.19. The Morgan fingerprint density at radius 2 is 2.00 bits per heavy atom.